The molecule has 50 heavy (non-hydrogen) atoms. The smallest absolute Gasteiger partial charge is 0.268 e. The van der Waals surface area contributed by atoms with Crippen molar-refractivity contribution >= 4 is 11.6 Å². The molecule has 3 rings (SSSR count). The number of ether oxygens (including phenoxy) is 6. The predicted molar refractivity (Wildman–Crippen MR) is 198 cm³/mol. The Balaban J connectivity index is 2.14. The first-order chi connectivity index (χ1) is 24.1. The normalized spacial score (nSPS) is 21.2. The van der Waals surface area contributed by atoms with E-state index >= 15 is 0 Å². The quantitative estimate of drug-likeness (QED) is 0.0951. The first-order valence-electron chi connectivity index (χ1n) is 19.1. The van der Waals surface area contributed by atoms with Crippen LogP contribution >= 0.6 is 11.6 Å². The Morgan fingerprint density at radius 1 is 0.700 bits per heavy atom. The number of alkyl halides is 2. The summed E-state index contributed by atoms with van der Waals surface area (Å²) >= 11 is 6.95. The van der Waals surface area contributed by atoms with Crippen molar-refractivity contribution in [1.29, 1.82) is 0 Å². The maximum atomic E-state index is 13.9. The van der Waals surface area contributed by atoms with E-state index in [0.29, 0.717) is 50.0 Å². The summed E-state index contributed by atoms with van der Waals surface area (Å²) in [5, 5.41) is 0.547. The zero-order chi connectivity index (χ0) is 36.4. The fourth-order valence-corrected chi connectivity index (χ4v) is 6.32. The van der Waals surface area contributed by atoms with Gasteiger partial charge in [-0.2, -0.15) is 0 Å². The van der Waals surface area contributed by atoms with Gasteiger partial charge in [0, 0.05) is 38.4 Å². The van der Waals surface area contributed by atoms with E-state index in [1.165, 1.54) is 5.56 Å². The summed E-state index contributed by atoms with van der Waals surface area (Å²) in [7, 11) is 0. The zero-order valence-electron chi connectivity index (χ0n) is 31.5. The molecule has 0 aromatic heterocycles. The van der Waals surface area contributed by atoms with Gasteiger partial charge >= 0.3 is 0 Å². The van der Waals surface area contributed by atoms with Crippen molar-refractivity contribution in [2.75, 3.05) is 39.6 Å². The molecule has 2 aromatic rings. The SMILES string of the molecule is CCCCOC[C@H]1O[C@@H](c2cc(Cc3ccc(CC)cc3)c(Cl)cc2COCC(C)(F)F)[C@H](OCCCC)[C@@H](OCCCC)[C@@H]1OCCCC. The molecule has 1 heterocycles. The molecule has 0 bridgehead atoms. The summed E-state index contributed by atoms with van der Waals surface area (Å²) in [6, 6.07) is 12.4. The van der Waals surface area contributed by atoms with Crippen LogP contribution in [-0.4, -0.2) is 70.0 Å². The molecule has 0 spiro atoms. The first kappa shape index (κ1) is 42.8. The van der Waals surface area contributed by atoms with Crippen LogP contribution in [0, 0.1) is 0 Å². The van der Waals surface area contributed by atoms with Crippen molar-refractivity contribution in [3.8, 4) is 0 Å². The number of aryl methyl sites for hydroxylation is 1. The summed E-state index contributed by atoms with van der Waals surface area (Å²) in [6.45, 7) is 13.4. The van der Waals surface area contributed by atoms with Crippen molar-refractivity contribution in [3.63, 3.8) is 0 Å². The predicted octanol–water partition coefficient (Wildman–Crippen LogP) is 10.5. The topological polar surface area (TPSA) is 55.4 Å². The molecule has 0 aliphatic carbocycles. The lowest BCUT2D eigenvalue weighted by atomic mass is 9.87. The van der Waals surface area contributed by atoms with Crippen LogP contribution in [0.25, 0.3) is 0 Å². The van der Waals surface area contributed by atoms with Gasteiger partial charge in [-0.15, -0.1) is 0 Å². The van der Waals surface area contributed by atoms with Crippen LogP contribution in [0.15, 0.2) is 36.4 Å². The van der Waals surface area contributed by atoms with Crippen molar-refractivity contribution in [1.82, 2.24) is 0 Å². The standard InChI is InChI=1S/C41H63ClF2O6/c1-7-12-20-45-28-36-38(47-21-13-8-2)40(49-23-15-10-4)39(48-22-14-9-3)37(50-36)34-25-32(24-31-18-16-30(11-5)17-19-31)35(42)26-33(34)27-46-29-41(6,43)44/h16-19,25-26,36-40H,7-15,20-24,27-29H2,1-6H3/t36-,37+,38-,39+,40+/m1/s1. The fourth-order valence-electron chi connectivity index (χ4n) is 6.07. The van der Waals surface area contributed by atoms with Gasteiger partial charge in [0.15, 0.2) is 0 Å². The second kappa shape index (κ2) is 23.1. The summed E-state index contributed by atoms with van der Waals surface area (Å²) < 4.78 is 66.7. The average Bonchev–Trinajstić information content (AvgIpc) is 3.09. The molecule has 9 heteroatoms. The highest BCUT2D eigenvalue weighted by Gasteiger charge is 2.49. The lowest BCUT2D eigenvalue weighted by molar-refractivity contribution is -0.268. The summed E-state index contributed by atoms with van der Waals surface area (Å²) in [6.07, 6.45) is 6.74. The number of unbranched alkanes of at least 4 members (excludes halogenated alkanes) is 4. The zero-order valence-corrected chi connectivity index (χ0v) is 32.2. The third-order valence-corrected chi connectivity index (χ3v) is 9.39. The second-order valence-corrected chi connectivity index (χ2v) is 14.0. The van der Waals surface area contributed by atoms with Crippen LogP contribution in [-0.2, 0) is 47.9 Å². The number of hydrogen-bond acceptors (Lipinski definition) is 6. The van der Waals surface area contributed by atoms with Crippen LogP contribution in [0.1, 0.15) is 127 Å². The van der Waals surface area contributed by atoms with Crippen LogP contribution in [0.2, 0.25) is 5.02 Å². The molecule has 1 saturated heterocycles. The van der Waals surface area contributed by atoms with Crippen LogP contribution < -0.4 is 0 Å². The summed E-state index contributed by atoms with van der Waals surface area (Å²) in [5.41, 5.74) is 4.77. The van der Waals surface area contributed by atoms with Gasteiger partial charge in [0.1, 0.15) is 37.1 Å². The number of hydrogen-bond donors (Lipinski definition) is 0. The van der Waals surface area contributed by atoms with E-state index in [1.54, 1.807) is 0 Å². The van der Waals surface area contributed by atoms with Crippen molar-refractivity contribution < 1.29 is 37.2 Å². The van der Waals surface area contributed by atoms with Gasteiger partial charge in [0.05, 0.1) is 13.2 Å². The Labute approximate surface area is 305 Å². The highest BCUT2D eigenvalue weighted by molar-refractivity contribution is 6.31. The summed E-state index contributed by atoms with van der Waals surface area (Å²) in [5.74, 6) is -2.97. The fraction of sp³-hybridized carbons (Fsp3) is 0.707. The van der Waals surface area contributed by atoms with Gasteiger partial charge in [-0.1, -0.05) is 102 Å². The van der Waals surface area contributed by atoms with Gasteiger partial charge in [0.25, 0.3) is 5.92 Å². The maximum absolute atomic E-state index is 13.9. The molecule has 284 valence electrons. The second-order valence-electron chi connectivity index (χ2n) is 13.6. The van der Waals surface area contributed by atoms with Gasteiger partial charge in [-0.3, -0.25) is 0 Å². The van der Waals surface area contributed by atoms with E-state index in [2.05, 4.69) is 65.0 Å². The van der Waals surface area contributed by atoms with E-state index in [1.807, 2.05) is 6.07 Å². The third kappa shape index (κ3) is 14.1. The Morgan fingerprint density at radius 2 is 1.26 bits per heavy atom. The van der Waals surface area contributed by atoms with Crippen molar-refractivity contribution in [2.24, 2.45) is 0 Å². The highest BCUT2D eigenvalue weighted by Crippen LogP contribution is 2.41. The van der Waals surface area contributed by atoms with Gasteiger partial charge in [0.2, 0.25) is 0 Å². The van der Waals surface area contributed by atoms with Gasteiger partial charge in [-0.05, 0) is 72.4 Å². The molecule has 5 atom stereocenters. The maximum Gasteiger partial charge on any atom is 0.268 e. The lowest BCUT2D eigenvalue weighted by Gasteiger charge is -2.47. The Hall–Kier alpha value is -1.65. The molecule has 1 aliphatic heterocycles. The largest absolute Gasteiger partial charge is 0.379 e. The van der Waals surface area contributed by atoms with Crippen molar-refractivity contribution in [2.45, 2.75) is 149 Å². The first-order valence-corrected chi connectivity index (χ1v) is 19.5. The molecule has 6 nitrogen and oxygen atoms in total. The van der Waals surface area contributed by atoms with Crippen LogP contribution in [0.5, 0.6) is 0 Å². The Morgan fingerprint density at radius 3 is 1.84 bits per heavy atom. The molecule has 1 fully saturated rings. The Bertz CT molecular complexity index is 1210. The molecule has 2 aromatic carbocycles. The molecule has 0 amide bonds. The molecule has 1 aliphatic rings. The molecule has 0 saturated carbocycles. The van der Waals surface area contributed by atoms with Gasteiger partial charge in [-0.25, -0.2) is 8.78 Å². The monoisotopic (exact) mass is 724 g/mol. The number of rotatable bonds is 25. The minimum Gasteiger partial charge on any atom is -0.379 e. The van der Waals surface area contributed by atoms with Crippen LogP contribution in [0.4, 0.5) is 8.78 Å². The molecular weight excluding hydrogens is 662 g/mol. The van der Waals surface area contributed by atoms with Gasteiger partial charge < -0.3 is 28.4 Å². The number of halogens is 3. The van der Waals surface area contributed by atoms with E-state index in [0.717, 1.165) is 81.4 Å². The van der Waals surface area contributed by atoms with E-state index in [-0.39, 0.29) is 6.61 Å². The Kier molecular flexibility index (Phi) is 19.8. The van der Waals surface area contributed by atoms with Crippen molar-refractivity contribution in [3.05, 3.63) is 69.2 Å². The molecule has 0 unspecified atom stereocenters. The minimum absolute atomic E-state index is 0.0546. The minimum atomic E-state index is -2.97. The molecule has 0 radical (unpaired) electrons. The van der Waals surface area contributed by atoms with E-state index in [4.69, 9.17) is 40.0 Å². The van der Waals surface area contributed by atoms with E-state index in [9.17, 15) is 8.78 Å². The third-order valence-electron chi connectivity index (χ3n) is 9.04. The lowest BCUT2D eigenvalue weighted by Crippen LogP contribution is -2.58. The molecular formula is C41H63ClF2O6. The highest BCUT2D eigenvalue weighted by atomic mass is 35.5. The van der Waals surface area contributed by atoms with E-state index < -0.39 is 43.0 Å². The average molecular weight is 725 g/mol. The summed E-state index contributed by atoms with van der Waals surface area (Å²) in [4.78, 5) is 0. The number of benzene rings is 2. The van der Waals surface area contributed by atoms with Crippen LogP contribution in [0.3, 0.4) is 0 Å². The molecule has 0 N–H and O–H groups in total.